The molecule has 2 aromatic rings. The van der Waals surface area contributed by atoms with Crippen molar-refractivity contribution in [1.29, 1.82) is 0 Å². The molecule has 1 atom stereocenters. The quantitative estimate of drug-likeness (QED) is 0.433. The molecule has 0 spiro atoms. The molecule has 0 aromatic heterocycles. The number of piperidine rings is 1. The lowest BCUT2D eigenvalue weighted by molar-refractivity contribution is -0.143. The lowest BCUT2D eigenvalue weighted by Crippen LogP contribution is -2.41. The monoisotopic (exact) mass is 385 g/mol. The Morgan fingerprint density at radius 3 is 2.81 bits per heavy atom. The molecule has 2 N–H and O–H groups in total. The molecule has 1 aliphatic heterocycles. The number of hydrogen-bond acceptors (Lipinski definition) is 4. The van der Waals surface area contributed by atoms with Crippen molar-refractivity contribution in [3.63, 3.8) is 0 Å². The topological polar surface area (TPSA) is 64.9 Å². The Kier molecular flexibility index (Phi) is 6.85. The van der Waals surface area contributed by atoms with Crippen LogP contribution < -0.4 is 5.43 Å². The van der Waals surface area contributed by atoms with Crippen LogP contribution in [0.3, 0.4) is 0 Å². The third kappa shape index (κ3) is 5.55. The average molecular weight is 386 g/mol. The third-order valence-electron chi connectivity index (χ3n) is 4.81. The maximum absolute atomic E-state index is 11.1. The van der Waals surface area contributed by atoms with E-state index in [1.54, 1.807) is 0 Å². The molecular weight excluding hydrogens is 362 g/mol. The fourth-order valence-corrected chi connectivity index (χ4v) is 3.48. The van der Waals surface area contributed by atoms with Gasteiger partial charge in [-0.25, -0.2) is 0 Å². The Morgan fingerprint density at radius 1 is 1.26 bits per heavy atom. The van der Waals surface area contributed by atoms with E-state index in [1.165, 1.54) is 0 Å². The summed E-state index contributed by atoms with van der Waals surface area (Å²) in [6.07, 6.45) is 3.54. The number of nitrogens with zero attached hydrogens (tertiary/aromatic N) is 2. The van der Waals surface area contributed by atoms with Crippen LogP contribution in [0.4, 0.5) is 0 Å². The molecule has 0 bridgehead atoms. The zero-order chi connectivity index (χ0) is 19.1. The molecular formula is C21H24ClN3O2. The highest BCUT2D eigenvalue weighted by atomic mass is 35.5. The Morgan fingerprint density at radius 2 is 2.04 bits per heavy atom. The number of benzene rings is 2. The van der Waals surface area contributed by atoms with Gasteiger partial charge >= 0.3 is 5.97 Å². The van der Waals surface area contributed by atoms with Crippen LogP contribution in [-0.4, -0.2) is 48.4 Å². The van der Waals surface area contributed by atoms with Gasteiger partial charge in [0.25, 0.3) is 0 Å². The molecule has 1 saturated heterocycles. The van der Waals surface area contributed by atoms with Crippen molar-refractivity contribution in [2.24, 2.45) is 11.0 Å². The van der Waals surface area contributed by atoms with Crippen LogP contribution in [0.2, 0.25) is 5.02 Å². The molecule has 27 heavy (non-hydrogen) atoms. The van der Waals surface area contributed by atoms with E-state index < -0.39 is 5.97 Å². The fourth-order valence-electron chi connectivity index (χ4n) is 3.35. The number of halogens is 1. The highest BCUT2D eigenvalue weighted by Gasteiger charge is 2.24. The number of hydrogen-bond donors (Lipinski definition) is 2. The van der Waals surface area contributed by atoms with E-state index in [0.29, 0.717) is 13.1 Å². The second kappa shape index (κ2) is 9.53. The van der Waals surface area contributed by atoms with E-state index in [9.17, 15) is 4.79 Å². The van der Waals surface area contributed by atoms with E-state index in [4.69, 9.17) is 16.7 Å². The summed E-state index contributed by atoms with van der Waals surface area (Å²) in [5, 5.41) is 14.2. The predicted octanol–water partition coefficient (Wildman–Crippen LogP) is 3.73. The van der Waals surface area contributed by atoms with Crippen molar-refractivity contribution in [3.05, 3.63) is 59.1 Å². The number of rotatable bonds is 7. The van der Waals surface area contributed by atoms with Gasteiger partial charge in [-0.1, -0.05) is 48.0 Å². The molecule has 0 amide bonds. The number of carboxylic acids is 1. The molecule has 1 fully saturated rings. The van der Waals surface area contributed by atoms with Gasteiger partial charge in [-0.2, -0.15) is 5.10 Å². The highest BCUT2D eigenvalue weighted by molar-refractivity contribution is 6.30. The fraction of sp³-hybridized carbons (Fsp3) is 0.333. The SMILES string of the molecule is O=C(O)C1CCCN(CCN/N=C/c2ccccc2-c2ccc(Cl)cc2)C1. The van der Waals surface area contributed by atoms with Crippen molar-refractivity contribution >= 4 is 23.8 Å². The highest BCUT2D eigenvalue weighted by Crippen LogP contribution is 2.24. The summed E-state index contributed by atoms with van der Waals surface area (Å²) in [6.45, 7) is 3.06. The minimum atomic E-state index is -0.690. The van der Waals surface area contributed by atoms with Gasteiger partial charge < -0.3 is 15.4 Å². The largest absolute Gasteiger partial charge is 0.481 e. The van der Waals surface area contributed by atoms with Crippen LogP contribution in [0.1, 0.15) is 18.4 Å². The summed E-state index contributed by atoms with van der Waals surface area (Å²) >= 11 is 5.97. The van der Waals surface area contributed by atoms with Crippen molar-refractivity contribution in [2.75, 3.05) is 26.2 Å². The maximum Gasteiger partial charge on any atom is 0.307 e. The Labute approximate surface area is 164 Å². The lowest BCUT2D eigenvalue weighted by Gasteiger charge is -2.30. The van der Waals surface area contributed by atoms with Crippen LogP contribution in [0.15, 0.2) is 53.6 Å². The first kappa shape index (κ1) is 19.4. The van der Waals surface area contributed by atoms with Gasteiger partial charge in [-0.15, -0.1) is 0 Å². The normalized spacial score (nSPS) is 17.9. The minimum Gasteiger partial charge on any atom is -0.481 e. The minimum absolute atomic E-state index is 0.242. The van der Waals surface area contributed by atoms with Crippen molar-refractivity contribution in [1.82, 2.24) is 10.3 Å². The third-order valence-corrected chi connectivity index (χ3v) is 5.06. The number of hydrazone groups is 1. The van der Waals surface area contributed by atoms with E-state index in [0.717, 1.165) is 47.6 Å². The molecule has 5 nitrogen and oxygen atoms in total. The van der Waals surface area contributed by atoms with E-state index >= 15 is 0 Å². The molecule has 142 valence electrons. The van der Waals surface area contributed by atoms with Gasteiger partial charge in [0.2, 0.25) is 0 Å². The maximum atomic E-state index is 11.1. The molecule has 1 heterocycles. The van der Waals surface area contributed by atoms with Crippen molar-refractivity contribution in [3.8, 4) is 11.1 Å². The number of likely N-dealkylation sites (tertiary alicyclic amines) is 1. The van der Waals surface area contributed by atoms with Crippen LogP contribution in [0.5, 0.6) is 0 Å². The van der Waals surface area contributed by atoms with E-state index in [-0.39, 0.29) is 5.92 Å². The van der Waals surface area contributed by atoms with Crippen LogP contribution >= 0.6 is 11.6 Å². The zero-order valence-corrected chi connectivity index (χ0v) is 15.9. The van der Waals surface area contributed by atoms with Crippen molar-refractivity contribution in [2.45, 2.75) is 12.8 Å². The van der Waals surface area contributed by atoms with Crippen LogP contribution in [0.25, 0.3) is 11.1 Å². The van der Waals surface area contributed by atoms with Gasteiger partial charge in [0, 0.05) is 30.2 Å². The van der Waals surface area contributed by atoms with Gasteiger partial charge in [0.15, 0.2) is 0 Å². The van der Waals surface area contributed by atoms with Crippen LogP contribution in [-0.2, 0) is 4.79 Å². The Balaban J connectivity index is 1.53. The summed E-state index contributed by atoms with van der Waals surface area (Å²) in [5.74, 6) is -0.932. The molecule has 3 rings (SSSR count). The average Bonchev–Trinajstić information content (AvgIpc) is 2.69. The molecule has 1 aliphatic rings. The van der Waals surface area contributed by atoms with Gasteiger partial charge in [0.1, 0.15) is 0 Å². The number of carboxylic acid groups (broad SMARTS) is 1. The van der Waals surface area contributed by atoms with Gasteiger partial charge in [-0.3, -0.25) is 4.79 Å². The zero-order valence-electron chi connectivity index (χ0n) is 15.1. The molecule has 0 saturated carbocycles. The number of aliphatic carboxylic acids is 1. The predicted molar refractivity (Wildman–Crippen MR) is 109 cm³/mol. The second-order valence-electron chi connectivity index (χ2n) is 6.74. The summed E-state index contributed by atoms with van der Waals surface area (Å²) in [5.41, 5.74) is 6.29. The smallest absolute Gasteiger partial charge is 0.307 e. The first-order valence-corrected chi connectivity index (χ1v) is 9.57. The Bertz CT molecular complexity index is 792. The number of nitrogens with one attached hydrogen (secondary N) is 1. The Hall–Kier alpha value is -2.37. The summed E-state index contributed by atoms with van der Waals surface area (Å²) in [6, 6.07) is 15.8. The summed E-state index contributed by atoms with van der Waals surface area (Å²) in [4.78, 5) is 13.3. The first-order chi connectivity index (χ1) is 13.1. The molecule has 1 unspecified atom stereocenters. The molecule has 6 heteroatoms. The molecule has 0 aliphatic carbocycles. The van der Waals surface area contributed by atoms with E-state index in [1.807, 2.05) is 48.7 Å². The standard InChI is InChI=1S/C21H24ClN3O2/c22-19-9-7-16(8-10-19)20-6-2-1-4-17(20)14-24-23-11-13-25-12-3-5-18(15-25)21(26)27/h1-2,4,6-10,14,18,23H,3,5,11-13,15H2,(H,26,27)/b24-14+. The molecule has 2 aromatic carbocycles. The van der Waals surface area contributed by atoms with Gasteiger partial charge in [0.05, 0.1) is 12.1 Å². The van der Waals surface area contributed by atoms with Crippen molar-refractivity contribution < 1.29 is 9.90 Å². The van der Waals surface area contributed by atoms with E-state index in [2.05, 4.69) is 21.5 Å². The lowest BCUT2D eigenvalue weighted by atomic mass is 9.98. The second-order valence-corrected chi connectivity index (χ2v) is 7.17. The first-order valence-electron chi connectivity index (χ1n) is 9.19. The summed E-state index contributed by atoms with van der Waals surface area (Å²) in [7, 11) is 0. The summed E-state index contributed by atoms with van der Waals surface area (Å²) < 4.78 is 0. The molecule has 0 radical (unpaired) electrons. The van der Waals surface area contributed by atoms with Crippen LogP contribution in [0, 0.1) is 5.92 Å². The van der Waals surface area contributed by atoms with Gasteiger partial charge in [-0.05, 0) is 42.6 Å². The number of carbonyl (C=O) groups is 1.